The summed E-state index contributed by atoms with van der Waals surface area (Å²) in [4.78, 5) is 36.4. The van der Waals surface area contributed by atoms with E-state index in [0.29, 0.717) is 5.69 Å². The highest BCUT2D eigenvalue weighted by atomic mass is 32.1. The quantitative estimate of drug-likeness (QED) is 0.755. The van der Waals surface area contributed by atoms with Crippen LogP contribution in [-0.2, 0) is 14.3 Å². The molecule has 1 amide bonds. The molecular weight excluding hydrogens is 342 g/mol. The maximum Gasteiger partial charge on any atom is 0.332 e. The summed E-state index contributed by atoms with van der Waals surface area (Å²) < 4.78 is 6.29. The first-order valence-electron chi connectivity index (χ1n) is 7.35. The highest BCUT2D eigenvalue weighted by molar-refractivity contribution is 7.07. The summed E-state index contributed by atoms with van der Waals surface area (Å²) in [7, 11) is 1.39. The molecule has 0 saturated carbocycles. The lowest BCUT2D eigenvalue weighted by atomic mass is 10.3. The highest BCUT2D eigenvalue weighted by Crippen LogP contribution is 2.03. The van der Waals surface area contributed by atoms with Gasteiger partial charge in [-0.15, -0.1) is 11.3 Å². The molecule has 0 saturated heterocycles. The van der Waals surface area contributed by atoms with Crippen molar-refractivity contribution in [1.82, 2.24) is 9.88 Å². The van der Waals surface area contributed by atoms with E-state index in [-0.39, 0.29) is 21.4 Å². The Morgan fingerprint density at radius 2 is 2.04 bits per heavy atom. The molecule has 8 heteroatoms. The predicted molar refractivity (Wildman–Crippen MR) is 93.4 cm³/mol. The number of para-hydroxylation sites is 1. The first-order valence-corrected chi connectivity index (χ1v) is 8.17. The van der Waals surface area contributed by atoms with E-state index in [2.05, 4.69) is 5.32 Å². The van der Waals surface area contributed by atoms with Gasteiger partial charge in [0.2, 0.25) is 0 Å². The topological polar surface area (TPSA) is 101 Å². The molecular formula is C17H15N3O4S. The molecule has 0 bridgehead atoms. The summed E-state index contributed by atoms with van der Waals surface area (Å²) in [5.74, 6) is -1.28. The Morgan fingerprint density at radius 3 is 2.60 bits per heavy atom. The van der Waals surface area contributed by atoms with Crippen LogP contribution < -0.4 is 20.1 Å². The molecule has 0 unspecified atom stereocenters. The van der Waals surface area contributed by atoms with Crippen LogP contribution in [0.3, 0.4) is 0 Å². The van der Waals surface area contributed by atoms with Crippen molar-refractivity contribution in [3.05, 3.63) is 49.9 Å². The Bertz CT molecular complexity index is 1010. The zero-order valence-corrected chi connectivity index (χ0v) is 14.4. The molecule has 128 valence electrons. The second-order valence-electron chi connectivity index (χ2n) is 4.71. The Labute approximate surface area is 147 Å². The van der Waals surface area contributed by atoms with Gasteiger partial charge in [-0.05, 0) is 19.1 Å². The SMILES string of the molecule is CCOC(=O)/C=c1\s/c(=C(/C#N)C(=O)NC)n(-c2ccccc2)c1=O. The van der Waals surface area contributed by atoms with Crippen molar-refractivity contribution < 1.29 is 14.3 Å². The molecule has 0 fully saturated rings. The molecule has 2 rings (SSSR count). The van der Waals surface area contributed by atoms with Crippen LogP contribution in [0.25, 0.3) is 17.3 Å². The zero-order valence-electron chi connectivity index (χ0n) is 13.6. The van der Waals surface area contributed by atoms with Crippen LogP contribution in [0.1, 0.15) is 6.92 Å². The number of amides is 1. The van der Waals surface area contributed by atoms with Crippen LogP contribution in [0.2, 0.25) is 0 Å². The number of nitrogens with zero attached hydrogens (tertiary/aromatic N) is 2. The molecule has 1 N–H and O–H groups in total. The smallest absolute Gasteiger partial charge is 0.332 e. The number of thiazole rings is 1. The normalized spacial score (nSPS) is 12.3. The molecule has 1 heterocycles. The van der Waals surface area contributed by atoms with Crippen molar-refractivity contribution in [2.75, 3.05) is 13.7 Å². The average Bonchev–Trinajstić information content (AvgIpc) is 2.92. The summed E-state index contributed by atoms with van der Waals surface area (Å²) >= 11 is 0.885. The minimum absolute atomic E-state index is 0.0777. The number of ether oxygens (including phenoxy) is 1. The number of rotatable bonds is 4. The number of benzene rings is 1. The zero-order chi connectivity index (χ0) is 18.4. The second kappa shape index (κ2) is 8.08. The maximum absolute atomic E-state index is 12.7. The Kier molecular flexibility index (Phi) is 5.87. The van der Waals surface area contributed by atoms with Crippen LogP contribution in [0.4, 0.5) is 0 Å². The summed E-state index contributed by atoms with van der Waals surface area (Å²) in [6.45, 7) is 1.83. The van der Waals surface area contributed by atoms with Crippen molar-refractivity contribution in [2.45, 2.75) is 6.92 Å². The highest BCUT2D eigenvalue weighted by Gasteiger charge is 2.16. The molecule has 0 aliphatic carbocycles. The summed E-state index contributed by atoms with van der Waals surface area (Å²) in [6.07, 6.45) is 1.07. The number of esters is 1. The maximum atomic E-state index is 12.7. The van der Waals surface area contributed by atoms with Crippen molar-refractivity contribution in [2.24, 2.45) is 0 Å². The fourth-order valence-corrected chi connectivity index (χ4v) is 3.14. The van der Waals surface area contributed by atoms with Crippen LogP contribution in [0.5, 0.6) is 0 Å². The Hall–Kier alpha value is -3.18. The molecule has 7 nitrogen and oxygen atoms in total. The first-order chi connectivity index (χ1) is 12.0. The third-order valence-corrected chi connectivity index (χ3v) is 4.25. The Balaban J connectivity index is 2.91. The van der Waals surface area contributed by atoms with E-state index in [1.54, 1.807) is 37.3 Å². The molecule has 1 aromatic carbocycles. The lowest BCUT2D eigenvalue weighted by molar-refractivity contribution is -0.135. The molecule has 2 aromatic rings. The lowest BCUT2D eigenvalue weighted by Crippen LogP contribution is -2.33. The average molecular weight is 357 g/mol. The first kappa shape index (κ1) is 18.2. The van der Waals surface area contributed by atoms with E-state index in [4.69, 9.17) is 4.74 Å². The van der Waals surface area contributed by atoms with Gasteiger partial charge in [0.25, 0.3) is 11.5 Å². The van der Waals surface area contributed by atoms with Gasteiger partial charge in [0.15, 0.2) is 5.57 Å². The van der Waals surface area contributed by atoms with Gasteiger partial charge >= 0.3 is 5.97 Å². The molecule has 0 spiro atoms. The number of nitrogens with one attached hydrogen (secondary N) is 1. The molecule has 25 heavy (non-hydrogen) atoms. The van der Waals surface area contributed by atoms with Crippen molar-refractivity contribution >= 4 is 34.9 Å². The van der Waals surface area contributed by atoms with Gasteiger partial charge in [-0.2, -0.15) is 5.26 Å². The van der Waals surface area contributed by atoms with Gasteiger partial charge in [0.1, 0.15) is 15.3 Å². The van der Waals surface area contributed by atoms with E-state index < -0.39 is 17.4 Å². The lowest BCUT2D eigenvalue weighted by Gasteiger charge is -2.02. The van der Waals surface area contributed by atoms with E-state index in [1.165, 1.54) is 11.6 Å². The van der Waals surface area contributed by atoms with Crippen molar-refractivity contribution in [3.63, 3.8) is 0 Å². The summed E-state index contributed by atoms with van der Waals surface area (Å²) in [5.41, 5.74) is -0.230. The standard InChI is InChI=1S/C17H15N3O4S/c1-3-24-14(21)9-13-16(23)20(11-7-5-4-6-8-11)17(25-13)12(10-18)15(22)19-2/h4-9H,3H2,1-2H3,(H,19,22)/b13-9-,17-12-. The van der Waals surface area contributed by atoms with E-state index in [9.17, 15) is 19.6 Å². The largest absolute Gasteiger partial charge is 0.463 e. The number of nitriles is 1. The van der Waals surface area contributed by atoms with E-state index in [1.807, 2.05) is 6.07 Å². The number of hydrogen-bond donors (Lipinski definition) is 1. The van der Waals surface area contributed by atoms with Crippen LogP contribution in [0, 0.1) is 11.3 Å². The molecule has 0 atom stereocenters. The van der Waals surface area contributed by atoms with Gasteiger partial charge in [-0.3, -0.25) is 14.2 Å². The summed E-state index contributed by atoms with van der Waals surface area (Å²) in [5, 5.41) is 11.7. The van der Waals surface area contributed by atoms with Gasteiger partial charge < -0.3 is 10.1 Å². The molecule has 0 aliphatic heterocycles. The fourth-order valence-electron chi connectivity index (χ4n) is 2.07. The van der Waals surface area contributed by atoms with Gasteiger partial charge in [-0.1, -0.05) is 18.2 Å². The fraction of sp³-hybridized carbons (Fsp3) is 0.176. The third kappa shape index (κ3) is 3.84. The van der Waals surface area contributed by atoms with Crippen molar-refractivity contribution in [3.8, 4) is 11.8 Å². The van der Waals surface area contributed by atoms with Gasteiger partial charge in [0.05, 0.1) is 12.3 Å². The van der Waals surface area contributed by atoms with Crippen LogP contribution >= 0.6 is 11.3 Å². The minimum Gasteiger partial charge on any atom is -0.463 e. The number of hydrogen-bond acceptors (Lipinski definition) is 6. The second-order valence-corrected chi connectivity index (χ2v) is 5.74. The van der Waals surface area contributed by atoms with Gasteiger partial charge in [0, 0.05) is 13.1 Å². The minimum atomic E-state index is -0.661. The third-order valence-electron chi connectivity index (χ3n) is 3.15. The summed E-state index contributed by atoms with van der Waals surface area (Å²) in [6, 6.07) is 10.4. The number of carbonyl (C=O) groups excluding carboxylic acids is 2. The van der Waals surface area contributed by atoms with E-state index >= 15 is 0 Å². The van der Waals surface area contributed by atoms with Crippen LogP contribution in [0.15, 0.2) is 35.1 Å². The van der Waals surface area contributed by atoms with Crippen LogP contribution in [-0.4, -0.2) is 30.1 Å². The van der Waals surface area contributed by atoms with Crippen molar-refractivity contribution in [1.29, 1.82) is 5.26 Å². The van der Waals surface area contributed by atoms with E-state index in [0.717, 1.165) is 17.4 Å². The molecule has 1 aromatic heterocycles. The number of carbonyl (C=O) groups is 2. The number of aromatic nitrogens is 1. The Morgan fingerprint density at radius 1 is 1.36 bits per heavy atom. The van der Waals surface area contributed by atoms with Gasteiger partial charge in [-0.25, -0.2) is 4.79 Å². The molecule has 0 radical (unpaired) electrons. The monoisotopic (exact) mass is 357 g/mol. The molecule has 0 aliphatic rings. The predicted octanol–water partition coefficient (Wildman–Crippen LogP) is -0.337.